The Kier molecular flexibility index (Phi) is 8.28. The average Bonchev–Trinajstić information content (AvgIpc) is 3.01. The molecule has 2 aromatic rings. The van der Waals surface area contributed by atoms with Crippen molar-refractivity contribution in [2.45, 2.75) is 20.3 Å². The number of hydrogen-bond acceptors (Lipinski definition) is 7. The van der Waals surface area contributed by atoms with Gasteiger partial charge in [0.05, 0.1) is 30.2 Å². The van der Waals surface area contributed by atoms with E-state index in [4.69, 9.17) is 4.74 Å². The van der Waals surface area contributed by atoms with Crippen molar-refractivity contribution in [2.75, 3.05) is 28.7 Å². The van der Waals surface area contributed by atoms with E-state index in [0.717, 1.165) is 11.3 Å². The molecule has 2 rings (SSSR count). The smallest absolute Gasteiger partial charge is 0.311 e. The van der Waals surface area contributed by atoms with Gasteiger partial charge in [-0.05, 0) is 31.5 Å². The van der Waals surface area contributed by atoms with E-state index in [9.17, 15) is 14.4 Å². The number of amides is 2. The molecule has 0 aliphatic carbocycles. The van der Waals surface area contributed by atoms with Crippen LogP contribution in [0.4, 0.5) is 10.8 Å². The van der Waals surface area contributed by atoms with Gasteiger partial charge in [0.1, 0.15) is 0 Å². The minimum absolute atomic E-state index is 0.0775. The molecule has 1 aromatic heterocycles. The van der Waals surface area contributed by atoms with Crippen LogP contribution in [0.1, 0.15) is 18.2 Å². The maximum absolute atomic E-state index is 11.9. The van der Waals surface area contributed by atoms with E-state index >= 15 is 0 Å². The second kappa shape index (κ2) is 10.7. The van der Waals surface area contributed by atoms with Crippen molar-refractivity contribution >= 4 is 51.7 Å². The van der Waals surface area contributed by atoms with E-state index in [1.165, 1.54) is 23.1 Å². The first kappa shape index (κ1) is 20.9. The lowest BCUT2D eigenvalue weighted by Crippen LogP contribution is -2.18. The molecule has 0 aliphatic heterocycles. The fourth-order valence-corrected chi connectivity index (χ4v) is 3.46. The summed E-state index contributed by atoms with van der Waals surface area (Å²) in [7, 11) is 0. The van der Waals surface area contributed by atoms with Crippen LogP contribution < -0.4 is 10.6 Å². The van der Waals surface area contributed by atoms with Crippen molar-refractivity contribution in [1.29, 1.82) is 0 Å². The number of aromatic nitrogens is 1. The molecule has 27 heavy (non-hydrogen) atoms. The van der Waals surface area contributed by atoms with E-state index in [1.807, 2.05) is 31.2 Å². The minimum atomic E-state index is -0.351. The summed E-state index contributed by atoms with van der Waals surface area (Å²) in [6, 6.07) is 7.52. The number of carbonyl (C=O) groups excluding carboxylic acids is 3. The summed E-state index contributed by atoms with van der Waals surface area (Å²) in [5.74, 6) is -0.456. The molecule has 0 fully saturated rings. The molecule has 7 nitrogen and oxygen atoms in total. The highest BCUT2D eigenvalue weighted by Gasteiger charge is 2.11. The number of hydrogen-bond donors (Lipinski definition) is 2. The van der Waals surface area contributed by atoms with Gasteiger partial charge in [0.2, 0.25) is 11.8 Å². The lowest BCUT2D eigenvalue weighted by Gasteiger charge is -2.06. The Balaban J connectivity index is 1.69. The third kappa shape index (κ3) is 7.79. The van der Waals surface area contributed by atoms with Crippen molar-refractivity contribution in [1.82, 2.24) is 4.98 Å². The van der Waals surface area contributed by atoms with Crippen molar-refractivity contribution in [3.63, 3.8) is 0 Å². The summed E-state index contributed by atoms with van der Waals surface area (Å²) in [4.78, 5) is 39.4. The molecule has 0 aliphatic rings. The highest BCUT2D eigenvalue weighted by atomic mass is 32.2. The van der Waals surface area contributed by atoms with Gasteiger partial charge in [-0.25, -0.2) is 4.98 Å². The van der Waals surface area contributed by atoms with E-state index < -0.39 is 0 Å². The molecule has 0 atom stereocenters. The van der Waals surface area contributed by atoms with Crippen LogP contribution in [0, 0.1) is 6.92 Å². The second-order valence-corrected chi connectivity index (χ2v) is 7.43. The van der Waals surface area contributed by atoms with Crippen LogP contribution in [0.25, 0.3) is 0 Å². The van der Waals surface area contributed by atoms with Gasteiger partial charge in [-0.3, -0.25) is 14.4 Å². The summed E-state index contributed by atoms with van der Waals surface area (Å²) in [5, 5.41) is 7.58. The average molecular weight is 408 g/mol. The standard InChI is InChI=1S/C18H21N3O4S2/c1-3-25-17(24)8-14-9-27-18(20-14)21-16(23)11-26-10-15(22)19-13-6-4-5-12(2)7-13/h4-7,9H,3,8,10-11H2,1-2H3,(H,19,22)(H,20,21,23). The van der Waals surface area contributed by atoms with Gasteiger partial charge < -0.3 is 15.4 Å². The molecular weight excluding hydrogens is 386 g/mol. The zero-order chi connectivity index (χ0) is 19.6. The zero-order valence-corrected chi connectivity index (χ0v) is 16.7. The summed E-state index contributed by atoms with van der Waals surface area (Å²) in [6.07, 6.45) is 0.0775. The number of ether oxygens (including phenoxy) is 1. The molecule has 0 radical (unpaired) electrons. The number of benzene rings is 1. The summed E-state index contributed by atoms with van der Waals surface area (Å²) < 4.78 is 4.86. The quantitative estimate of drug-likeness (QED) is 0.621. The van der Waals surface area contributed by atoms with Crippen LogP contribution in [0.3, 0.4) is 0 Å². The Morgan fingerprint density at radius 2 is 1.93 bits per heavy atom. The molecule has 0 bridgehead atoms. The minimum Gasteiger partial charge on any atom is -0.466 e. The van der Waals surface area contributed by atoms with Crippen LogP contribution in [0.5, 0.6) is 0 Å². The number of anilines is 2. The largest absolute Gasteiger partial charge is 0.466 e. The highest BCUT2D eigenvalue weighted by Crippen LogP contribution is 2.17. The molecule has 1 aromatic carbocycles. The number of rotatable bonds is 9. The van der Waals surface area contributed by atoms with Gasteiger partial charge in [-0.15, -0.1) is 23.1 Å². The Morgan fingerprint density at radius 1 is 1.19 bits per heavy atom. The topological polar surface area (TPSA) is 97.4 Å². The molecule has 144 valence electrons. The van der Waals surface area contributed by atoms with Crippen molar-refractivity contribution < 1.29 is 19.1 Å². The van der Waals surface area contributed by atoms with Crippen molar-refractivity contribution in [2.24, 2.45) is 0 Å². The molecule has 9 heteroatoms. The number of esters is 1. The van der Waals surface area contributed by atoms with E-state index in [-0.39, 0.29) is 35.7 Å². The molecule has 0 saturated heterocycles. The number of carbonyl (C=O) groups is 3. The number of thioether (sulfide) groups is 1. The van der Waals surface area contributed by atoms with Crippen LogP contribution >= 0.6 is 23.1 Å². The highest BCUT2D eigenvalue weighted by molar-refractivity contribution is 8.00. The first-order valence-corrected chi connectivity index (χ1v) is 10.3. The third-order valence-corrected chi connectivity index (χ3v) is 4.94. The third-order valence-electron chi connectivity index (χ3n) is 3.20. The molecule has 2 N–H and O–H groups in total. The zero-order valence-electron chi connectivity index (χ0n) is 15.1. The Labute approximate surface area is 165 Å². The van der Waals surface area contributed by atoms with Gasteiger partial charge in [0, 0.05) is 11.1 Å². The number of thiazole rings is 1. The summed E-state index contributed by atoms with van der Waals surface area (Å²) in [5.41, 5.74) is 2.35. The molecular formula is C18H21N3O4S2. The second-order valence-electron chi connectivity index (χ2n) is 5.58. The Morgan fingerprint density at radius 3 is 2.63 bits per heavy atom. The van der Waals surface area contributed by atoms with Gasteiger partial charge in [-0.2, -0.15) is 0 Å². The maximum Gasteiger partial charge on any atom is 0.311 e. The van der Waals surface area contributed by atoms with Crippen LogP contribution in [-0.4, -0.2) is 40.9 Å². The van der Waals surface area contributed by atoms with Crippen LogP contribution in [0.15, 0.2) is 29.6 Å². The van der Waals surface area contributed by atoms with E-state index in [2.05, 4.69) is 15.6 Å². The maximum atomic E-state index is 11.9. The van der Waals surface area contributed by atoms with E-state index in [1.54, 1.807) is 12.3 Å². The first-order chi connectivity index (χ1) is 13.0. The Bertz CT molecular complexity index is 807. The van der Waals surface area contributed by atoms with Gasteiger partial charge >= 0.3 is 5.97 Å². The predicted octanol–water partition coefficient (Wildman–Crippen LogP) is 2.87. The number of nitrogens with zero attached hydrogens (tertiary/aromatic N) is 1. The SMILES string of the molecule is CCOC(=O)Cc1csc(NC(=O)CSCC(=O)Nc2cccc(C)c2)n1. The van der Waals surface area contributed by atoms with Crippen molar-refractivity contribution in [3.05, 3.63) is 40.9 Å². The number of nitrogens with one attached hydrogen (secondary N) is 2. The fraction of sp³-hybridized carbons (Fsp3) is 0.333. The summed E-state index contributed by atoms with van der Waals surface area (Å²) in [6.45, 7) is 4.01. The van der Waals surface area contributed by atoms with Gasteiger partial charge in [-0.1, -0.05) is 12.1 Å². The van der Waals surface area contributed by atoms with Crippen molar-refractivity contribution in [3.8, 4) is 0 Å². The lowest BCUT2D eigenvalue weighted by molar-refractivity contribution is -0.142. The number of aryl methyl sites for hydroxylation is 1. The molecule has 0 unspecified atom stereocenters. The first-order valence-electron chi connectivity index (χ1n) is 8.30. The van der Waals surface area contributed by atoms with Gasteiger partial charge in [0.15, 0.2) is 5.13 Å². The van der Waals surface area contributed by atoms with Crippen LogP contribution in [-0.2, 0) is 25.5 Å². The molecule has 0 saturated carbocycles. The van der Waals surface area contributed by atoms with Gasteiger partial charge in [0.25, 0.3) is 0 Å². The normalized spacial score (nSPS) is 10.3. The Hall–Kier alpha value is -2.39. The fourth-order valence-electron chi connectivity index (χ4n) is 2.12. The predicted molar refractivity (Wildman–Crippen MR) is 108 cm³/mol. The van der Waals surface area contributed by atoms with E-state index in [0.29, 0.717) is 17.4 Å². The summed E-state index contributed by atoms with van der Waals surface area (Å²) >= 11 is 2.46. The van der Waals surface area contributed by atoms with Crippen LogP contribution in [0.2, 0.25) is 0 Å². The molecule has 2 amide bonds. The molecule has 1 heterocycles. The monoisotopic (exact) mass is 407 g/mol. The lowest BCUT2D eigenvalue weighted by atomic mass is 10.2. The molecule has 0 spiro atoms.